The van der Waals surface area contributed by atoms with Gasteiger partial charge in [-0.2, -0.15) is 8.42 Å². The summed E-state index contributed by atoms with van der Waals surface area (Å²) in [5.74, 6) is 0. The fourth-order valence-corrected chi connectivity index (χ4v) is 1.03. The second kappa shape index (κ2) is 6.31. The van der Waals surface area contributed by atoms with Crippen LogP contribution in [0, 0.1) is 0 Å². The molecule has 13 heavy (non-hydrogen) atoms. The van der Waals surface area contributed by atoms with E-state index >= 15 is 0 Å². The molecule has 0 aromatic rings. The lowest BCUT2D eigenvalue weighted by atomic mass is 10.4. The highest BCUT2D eigenvalue weighted by Gasteiger charge is 2.04. The summed E-state index contributed by atoms with van der Waals surface area (Å²) in [6.45, 7) is 8.24. The van der Waals surface area contributed by atoms with Gasteiger partial charge in [0.1, 0.15) is 0 Å². The molecular weight excluding hydrogens is 192 g/mol. The van der Waals surface area contributed by atoms with Gasteiger partial charge in [-0.3, -0.25) is 4.55 Å². The van der Waals surface area contributed by atoms with Gasteiger partial charge in [-0.25, -0.2) is 0 Å². The maximum Gasteiger partial charge on any atom is 0.261 e. The number of piperazine rings is 1. The van der Waals surface area contributed by atoms with E-state index in [4.69, 9.17) is 4.55 Å². The number of nitrogens with one attached hydrogen (secondary N) is 1. The molecule has 80 valence electrons. The fraction of sp³-hybridized carbons (Fsp3) is 1.00. The van der Waals surface area contributed by atoms with E-state index in [1.165, 1.54) is 32.7 Å². The van der Waals surface area contributed by atoms with E-state index in [0.717, 1.165) is 0 Å². The lowest BCUT2D eigenvalue weighted by Gasteiger charge is -2.25. The summed E-state index contributed by atoms with van der Waals surface area (Å²) in [7, 11) is -3.67. The molecule has 5 nitrogen and oxygen atoms in total. The molecule has 1 aliphatic heterocycles. The van der Waals surface area contributed by atoms with Gasteiger partial charge in [-0.1, -0.05) is 6.92 Å². The predicted octanol–water partition coefficient (Wildman–Crippen LogP) is -0.584. The molecule has 0 spiro atoms. The summed E-state index contributed by atoms with van der Waals surface area (Å²) in [6, 6.07) is 0. The Morgan fingerprint density at radius 3 is 2.00 bits per heavy atom. The van der Waals surface area contributed by atoms with E-state index in [1.807, 2.05) is 0 Å². The number of hydrogen-bond acceptors (Lipinski definition) is 4. The van der Waals surface area contributed by atoms with Crippen LogP contribution in [-0.4, -0.2) is 56.9 Å². The Bertz CT molecular complexity index is 202. The molecule has 1 fully saturated rings. The second-order valence-electron chi connectivity index (χ2n) is 2.92. The molecule has 0 saturated carbocycles. The van der Waals surface area contributed by atoms with Gasteiger partial charge in [-0.15, -0.1) is 0 Å². The molecule has 0 bridgehead atoms. The first-order valence-corrected chi connectivity index (χ1v) is 6.14. The van der Waals surface area contributed by atoms with Crippen molar-refractivity contribution < 1.29 is 13.0 Å². The minimum absolute atomic E-state index is 0.715. The van der Waals surface area contributed by atoms with Crippen LogP contribution in [0.25, 0.3) is 0 Å². The standard InChI is InChI=1S/C6H14N2.CH4O3S/c1-2-8-5-3-7-4-6-8;1-5(2,3)4/h7H,2-6H2,1H3;1H3,(H,2,3,4). The van der Waals surface area contributed by atoms with E-state index in [2.05, 4.69) is 17.1 Å². The van der Waals surface area contributed by atoms with E-state index < -0.39 is 10.1 Å². The monoisotopic (exact) mass is 210 g/mol. The first kappa shape index (κ1) is 12.8. The fourth-order valence-electron chi connectivity index (χ4n) is 1.03. The van der Waals surface area contributed by atoms with Gasteiger partial charge < -0.3 is 10.2 Å². The Morgan fingerprint density at radius 1 is 1.38 bits per heavy atom. The van der Waals surface area contributed by atoms with E-state index in [-0.39, 0.29) is 0 Å². The van der Waals surface area contributed by atoms with Crippen molar-refractivity contribution in [2.45, 2.75) is 6.92 Å². The zero-order valence-corrected chi connectivity index (χ0v) is 8.97. The van der Waals surface area contributed by atoms with Crippen molar-refractivity contribution in [2.24, 2.45) is 0 Å². The zero-order chi connectivity index (χ0) is 10.3. The second-order valence-corrected chi connectivity index (χ2v) is 4.38. The maximum atomic E-state index is 9.19. The van der Waals surface area contributed by atoms with Crippen molar-refractivity contribution in [3.05, 3.63) is 0 Å². The largest absolute Gasteiger partial charge is 0.314 e. The molecule has 0 aromatic heterocycles. The first-order valence-electron chi connectivity index (χ1n) is 4.29. The van der Waals surface area contributed by atoms with Gasteiger partial charge in [0, 0.05) is 26.2 Å². The van der Waals surface area contributed by atoms with Crippen LogP contribution in [0.15, 0.2) is 0 Å². The Hall–Kier alpha value is -0.170. The van der Waals surface area contributed by atoms with Crippen molar-refractivity contribution in [1.29, 1.82) is 0 Å². The van der Waals surface area contributed by atoms with Gasteiger partial charge >= 0.3 is 0 Å². The Balaban J connectivity index is 0.000000252. The molecule has 0 radical (unpaired) electrons. The highest BCUT2D eigenvalue weighted by atomic mass is 32.2. The molecule has 1 aliphatic rings. The van der Waals surface area contributed by atoms with Crippen LogP contribution >= 0.6 is 0 Å². The van der Waals surface area contributed by atoms with Crippen LogP contribution in [0.2, 0.25) is 0 Å². The predicted molar refractivity (Wildman–Crippen MR) is 52.5 cm³/mol. The Morgan fingerprint density at radius 2 is 1.77 bits per heavy atom. The Labute approximate surface area is 79.9 Å². The summed E-state index contributed by atoms with van der Waals surface area (Å²) >= 11 is 0. The smallest absolute Gasteiger partial charge is 0.261 e. The first-order chi connectivity index (χ1) is 5.93. The van der Waals surface area contributed by atoms with Crippen LogP contribution < -0.4 is 5.32 Å². The normalized spacial score (nSPS) is 19.0. The quantitative estimate of drug-likeness (QED) is 0.566. The summed E-state index contributed by atoms with van der Waals surface area (Å²) in [4.78, 5) is 2.45. The molecule has 0 aromatic carbocycles. The molecule has 6 heteroatoms. The number of rotatable bonds is 1. The number of likely N-dealkylation sites (N-methyl/N-ethyl adjacent to an activating group) is 1. The van der Waals surface area contributed by atoms with Gasteiger partial charge in [0.15, 0.2) is 0 Å². The molecule has 1 saturated heterocycles. The zero-order valence-electron chi connectivity index (χ0n) is 8.15. The third-order valence-electron chi connectivity index (χ3n) is 1.66. The summed E-state index contributed by atoms with van der Waals surface area (Å²) < 4.78 is 25.9. The van der Waals surface area contributed by atoms with Crippen molar-refractivity contribution in [3.8, 4) is 0 Å². The minimum atomic E-state index is -3.67. The van der Waals surface area contributed by atoms with E-state index in [1.54, 1.807) is 0 Å². The number of nitrogens with zero attached hydrogens (tertiary/aromatic N) is 1. The topological polar surface area (TPSA) is 69.6 Å². The van der Waals surface area contributed by atoms with Crippen LogP contribution in [-0.2, 0) is 10.1 Å². The van der Waals surface area contributed by atoms with Crippen molar-refractivity contribution >= 4 is 10.1 Å². The molecule has 0 aliphatic carbocycles. The third kappa shape index (κ3) is 11.8. The summed E-state index contributed by atoms with van der Waals surface area (Å²) in [5, 5.41) is 3.31. The Kier molecular flexibility index (Phi) is 6.23. The van der Waals surface area contributed by atoms with Crippen molar-refractivity contribution in [1.82, 2.24) is 10.2 Å². The average Bonchev–Trinajstić information content (AvgIpc) is 2.03. The van der Waals surface area contributed by atoms with Gasteiger partial charge in [-0.05, 0) is 6.54 Å². The van der Waals surface area contributed by atoms with Crippen LogP contribution in [0.4, 0.5) is 0 Å². The van der Waals surface area contributed by atoms with E-state index in [9.17, 15) is 8.42 Å². The van der Waals surface area contributed by atoms with E-state index in [0.29, 0.717) is 6.26 Å². The highest BCUT2D eigenvalue weighted by molar-refractivity contribution is 7.85. The van der Waals surface area contributed by atoms with Gasteiger partial charge in [0.2, 0.25) is 0 Å². The molecule has 1 heterocycles. The van der Waals surface area contributed by atoms with Gasteiger partial charge in [0.25, 0.3) is 10.1 Å². The average molecular weight is 210 g/mol. The molecule has 0 amide bonds. The highest BCUT2D eigenvalue weighted by Crippen LogP contribution is 1.88. The SMILES string of the molecule is CCN1CCNCC1.CS(=O)(=O)O. The van der Waals surface area contributed by atoms with Crippen molar-refractivity contribution in [3.63, 3.8) is 0 Å². The molecule has 0 unspecified atom stereocenters. The maximum absolute atomic E-state index is 9.19. The molecule has 0 atom stereocenters. The lowest BCUT2D eigenvalue weighted by molar-refractivity contribution is 0.253. The summed E-state index contributed by atoms with van der Waals surface area (Å²) in [5.41, 5.74) is 0. The van der Waals surface area contributed by atoms with Crippen molar-refractivity contribution in [2.75, 3.05) is 39.0 Å². The van der Waals surface area contributed by atoms with Crippen LogP contribution in [0.5, 0.6) is 0 Å². The molecule has 1 rings (SSSR count). The lowest BCUT2D eigenvalue weighted by Crippen LogP contribution is -2.43. The third-order valence-corrected chi connectivity index (χ3v) is 1.66. The van der Waals surface area contributed by atoms with Crippen LogP contribution in [0.1, 0.15) is 6.92 Å². The molecular formula is C7H18N2O3S. The minimum Gasteiger partial charge on any atom is -0.314 e. The summed E-state index contributed by atoms with van der Waals surface area (Å²) in [6.07, 6.45) is 0.715. The van der Waals surface area contributed by atoms with Gasteiger partial charge in [0.05, 0.1) is 6.26 Å². The van der Waals surface area contributed by atoms with Crippen LogP contribution in [0.3, 0.4) is 0 Å². The number of hydrogen-bond donors (Lipinski definition) is 2. The molecule has 2 N–H and O–H groups in total.